The van der Waals surface area contributed by atoms with Crippen LogP contribution in [0.15, 0.2) is 12.1 Å². The fraction of sp³-hybridized carbons (Fsp3) is 0.471. The van der Waals surface area contributed by atoms with Gasteiger partial charge in [-0.05, 0) is 39.3 Å². The first-order valence-corrected chi connectivity index (χ1v) is 9.14. The van der Waals surface area contributed by atoms with Crippen LogP contribution in [0.3, 0.4) is 0 Å². The normalized spacial score (nSPS) is 10.4. The maximum atomic E-state index is 12.6. The first-order chi connectivity index (χ1) is 12.1. The molecule has 0 radical (unpaired) electrons. The van der Waals surface area contributed by atoms with E-state index >= 15 is 0 Å². The highest BCUT2D eigenvalue weighted by atomic mass is 32.1. The van der Waals surface area contributed by atoms with Crippen LogP contribution in [0.5, 0.6) is 17.2 Å². The SMILES string of the molecule is CCOc1cc(C(=O)Nc2nnc(CC)s2)cc(OCC)c1OCC. The summed E-state index contributed by atoms with van der Waals surface area (Å²) in [6.45, 7) is 8.98. The maximum Gasteiger partial charge on any atom is 0.257 e. The number of aromatic nitrogens is 2. The third-order valence-electron chi connectivity index (χ3n) is 3.16. The lowest BCUT2D eigenvalue weighted by molar-refractivity contribution is 0.102. The van der Waals surface area contributed by atoms with Crippen LogP contribution >= 0.6 is 11.3 Å². The number of amides is 1. The number of nitrogens with zero attached hydrogens (tertiary/aromatic N) is 2. The molecule has 1 N–H and O–H groups in total. The number of carbonyl (C=O) groups is 1. The summed E-state index contributed by atoms with van der Waals surface area (Å²) in [4.78, 5) is 12.6. The lowest BCUT2D eigenvalue weighted by Crippen LogP contribution is -2.13. The van der Waals surface area contributed by atoms with Crippen molar-refractivity contribution < 1.29 is 19.0 Å². The Bertz CT molecular complexity index is 691. The van der Waals surface area contributed by atoms with Crippen LogP contribution in [-0.4, -0.2) is 35.9 Å². The molecule has 0 bridgehead atoms. The molecule has 2 aromatic rings. The van der Waals surface area contributed by atoms with Gasteiger partial charge in [0.05, 0.1) is 19.8 Å². The minimum absolute atomic E-state index is 0.302. The van der Waals surface area contributed by atoms with Crippen molar-refractivity contribution in [3.63, 3.8) is 0 Å². The molecule has 1 aromatic heterocycles. The van der Waals surface area contributed by atoms with Crippen molar-refractivity contribution in [3.05, 3.63) is 22.7 Å². The average molecular weight is 365 g/mol. The number of ether oxygens (including phenoxy) is 3. The van der Waals surface area contributed by atoms with E-state index in [1.165, 1.54) is 11.3 Å². The van der Waals surface area contributed by atoms with Gasteiger partial charge in [0.1, 0.15) is 5.01 Å². The minimum atomic E-state index is -0.302. The second-order valence-electron chi connectivity index (χ2n) is 4.91. The summed E-state index contributed by atoms with van der Waals surface area (Å²) < 4.78 is 16.9. The predicted molar refractivity (Wildman–Crippen MR) is 97.2 cm³/mol. The molecule has 0 unspecified atom stereocenters. The molecular weight excluding hydrogens is 342 g/mol. The molecule has 0 saturated carbocycles. The smallest absolute Gasteiger partial charge is 0.257 e. The first kappa shape index (κ1) is 19.0. The summed E-state index contributed by atoms with van der Waals surface area (Å²) in [5, 5.41) is 12.1. The Balaban J connectivity index is 2.33. The second kappa shape index (κ2) is 9.22. The molecule has 25 heavy (non-hydrogen) atoms. The van der Waals surface area contributed by atoms with E-state index in [-0.39, 0.29) is 5.91 Å². The van der Waals surface area contributed by atoms with Crippen molar-refractivity contribution in [2.75, 3.05) is 25.1 Å². The fourth-order valence-corrected chi connectivity index (χ4v) is 2.81. The summed E-state index contributed by atoms with van der Waals surface area (Å²) >= 11 is 1.35. The molecule has 1 aromatic carbocycles. The second-order valence-corrected chi connectivity index (χ2v) is 5.97. The van der Waals surface area contributed by atoms with Gasteiger partial charge >= 0.3 is 0 Å². The van der Waals surface area contributed by atoms with E-state index in [1.807, 2.05) is 27.7 Å². The van der Waals surface area contributed by atoms with Crippen LogP contribution in [0.1, 0.15) is 43.1 Å². The summed E-state index contributed by atoms with van der Waals surface area (Å²) in [6, 6.07) is 3.29. The zero-order chi connectivity index (χ0) is 18.2. The number of rotatable bonds is 9. The number of benzene rings is 1. The molecule has 136 valence electrons. The largest absolute Gasteiger partial charge is 0.490 e. The topological polar surface area (TPSA) is 82.6 Å². The number of aryl methyl sites for hydroxylation is 1. The molecule has 2 rings (SSSR count). The van der Waals surface area contributed by atoms with E-state index in [1.54, 1.807) is 12.1 Å². The molecule has 0 saturated heterocycles. The number of anilines is 1. The molecule has 0 aliphatic carbocycles. The number of nitrogens with one attached hydrogen (secondary N) is 1. The van der Waals surface area contributed by atoms with Gasteiger partial charge < -0.3 is 14.2 Å². The lowest BCUT2D eigenvalue weighted by atomic mass is 10.1. The maximum absolute atomic E-state index is 12.6. The Kier molecular flexibility index (Phi) is 7.00. The highest BCUT2D eigenvalue weighted by Gasteiger charge is 2.19. The monoisotopic (exact) mass is 365 g/mol. The van der Waals surface area contributed by atoms with Crippen LogP contribution in [0.2, 0.25) is 0 Å². The van der Waals surface area contributed by atoms with Gasteiger partial charge in [-0.25, -0.2) is 0 Å². The number of hydrogen-bond donors (Lipinski definition) is 1. The van der Waals surface area contributed by atoms with E-state index in [0.717, 1.165) is 11.4 Å². The van der Waals surface area contributed by atoms with Gasteiger partial charge in [0.2, 0.25) is 10.9 Å². The van der Waals surface area contributed by atoms with Crippen molar-refractivity contribution in [1.82, 2.24) is 10.2 Å². The fourth-order valence-electron chi connectivity index (χ4n) is 2.14. The number of carbonyl (C=O) groups excluding carboxylic acids is 1. The van der Waals surface area contributed by atoms with Gasteiger partial charge in [-0.3, -0.25) is 10.1 Å². The van der Waals surface area contributed by atoms with E-state index in [2.05, 4.69) is 15.5 Å². The first-order valence-electron chi connectivity index (χ1n) is 8.32. The van der Waals surface area contributed by atoms with Gasteiger partial charge in [0, 0.05) is 5.56 Å². The predicted octanol–water partition coefficient (Wildman–Crippen LogP) is 3.55. The van der Waals surface area contributed by atoms with Crippen LogP contribution < -0.4 is 19.5 Å². The molecule has 1 amide bonds. The van der Waals surface area contributed by atoms with Gasteiger partial charge in [-0.2, -0.15) is 0 Å². The Morgan fingerprint density at radius 2 is 1.60 bits per heavy atom. The third kappa shape index (κ3) is 4.82. The zero-order valence-electron chi connectivity index (χ0n) is 14.9. The highest BCUT2D eigenvalue weighted by molar-refractivity contribution is 7.15. The molecule has 0 spiro atoms. The molecular formula is C17H23N3O4S. The van der Waals surface area contributed by atoms with E-state index < -0.39 is 0 Å². The van der Waals surface area contributed by atoms with Gasteiger partial charge in [0.15, 0.2) is 11.5 Å². The number of hydrogen-bond acceptors (Lipinski definition) is 7. The summed E-state index contributed by atoms with van der Waals surface area (Å²) in [6.07, 6.45) is 0.777. The van der Waals surface area contributed by atoms with Crippen LogP contribution in [0, 0.1) is 0 Å². The van der Waals surface area contributed by atoms with E-state index in [9.17, 15) is 4.79 Å². The van der Waals surface area contributed by atoms with Gasteiger partial charge in [-0.15, -0.1) is 10.2 Å². The van der Waals surface area contributed by atoms with Crippen molar-refractivity contribution in [2.45, 2.75) is 34.1 Å². The third-order valence-corrected chi connectivity index (χ3v) is 4.14. The Hall–Kier alpha value is -2.35. The van der Waals surface area contributed by atoms with Crippen molar-refractivity contribution in [3.8, 4) is 17.2 Å². The van der Waals surface area contributed by atoms with Crippen molar-refractivity contribution >= 4 is 22.4 Å². The molecule has 7 nitrogen and oxygen atoms in total. The Morgan fingerprint density at radius 1 is 1.00 bits per heavy atom. The van der Waals surface area contributed by atoms with Crippen molar-refractivity contribution in [1.29, 1.82) is 0 Å². The van der Waals surface area contributed by atoms with Crippen LogP contribution in [-0.2, 0) is 6.42 Å². The quantitative estimate of drug-likeness (QED) is 0.732. The Morgan fingerprint density at radius 3 is 2.08 bits per heavy atom. The lowest BCUT2D eigenvalue weighted by Gasteiger charge is -2.16. The molecule has 0 aliphatic rings. The van der Waals surface area contributed by atoms with Crippen LogP contribution in [0.25, 0.3) is 0 Å². The van der Waals surface area contributed by atoms with E-state index in [0.29, 0.717) is 47.8 Å². The summed E-state index contributed by atoms with van der Waals surface area (Å²) in [7, 11) is 0. The summed E-state index contributed by atoms with van der Waals surface area (Å²) in [5.41, 5.74) is 0.406. The molecule has 0 fully saturated rings. The van der Waals surface area contributed by atoms with E-state index in [4.69, 9.17) is 14.2 Å². The molecule has 0 aliphatic heterocycles. The molecule has 1 heterocycles. The summed E-state index contributed by atoms with van der Waals surface area (Å²) in [5.74, 6) is 1.16. The standard InChI is InChI=1S/C17H23N3O4S/c1-5-14-19-20-17(25-14)18-16(21)11-9-12(22-6-2)15(24-8-4)13(10-11)23-7-3/h9-10H,5-8H2,1-4H3,(H,18,20,21). The molecule has 8 heteroatoms. The minimum Gasteiger partial charge on any atom is -0.490 e. The molecule has 0 atom stereocenters. The van der Waals surface area contributed by atoms with Gasteiger partial charge in [0.25, 0.3) is 5.91 Å². The van der Waals surface area contributed by atoms with Crippen molar-refractivity contribution in [2.24, 2.45) is 0 Å². The van der Waals surface area contributed by atoms with Crippen LogP contribution in [0.4, 0.5) is 5.13 Å². The van der Waals surface area contributed by atoms with Gasteiger partial charge in [-0.1, -0.05) is 18.3 Å². The zero-order valence-corrected chi connectivity index (χ0v) is 15.7. The average Bonchev–Trinajstić information content (AvgIpc) is 3.05. The Labute approximate surface area is 151 Å². The highest BCUT2D eigenvalue weighted by Crippen LogP contribution is 2.39.